The summed E-state index contributed by atoms with van der Waals surface area (Å²) in [5, 5.41) is 1.03. The van der Waals surface area contributed by atoms with Crippen LogP contribution < -0.4 is 10.4 Å². The summed E-state index contributed by atoms with van der Waals surface area (Å²) in [6.07, 6.45) is 8.36. The van der Waals surface area contributed by atoms with Crippen LogP contribution in [-0.2, 0) is 24.1 Å². The molecule has 0 aliphatic heterocycles. The van der Waals surface area contributed by atoms with Gasteiger partial charge < -0.3 is 9.15 Å². The second-order valence-corrected chi connectivity index (χ2v) is 6.96. The minimum absolute atomic E-state index is 0.0209. The molecule has 0 amide bonds. The molecule has 0 N–H and O–H groups in total. The van der Waals surface area contributed by atoms with Crippen LogP contribution in [0, 0.1) is 0 Å². The summed E-state index contributed by atoms with van der Waals surface area (Å²) in [5.74, 6) is 0.646. The highest BCUT2D eigenvalue weighted by atomic mass is 16.5. The lowest BCUT2D eigenvalue weighted by Crippen LogP contribution is -2.10. The number of Topliss-reactive ketones (excluding diaryl/α,β-unsaturated/α-hetero) is 1. The summed E-state index contributed by atoms with van der Waals surface area (Å²) in [6.45, 7) is 3.75. The number of ketones is 1. The SMILES string of the molecule is CCCCCCc1cc2c3c(c(=O)oc2cc1OCC(C)=O)CCC3. The number of hydrogen-bond acceptors (Lipinski definition) is 4. The maximum atomic E-state index is 12.2. The summed E-state index contributed by atoms with van der Waals surface area (Å²) in [7, 11) is 0. The quantitative estimate of drug-likeness (QED) is 0.528. The molecule has 1 aromatic carbocycles. The fraction of sp³-hybridized carbons (Fsp3) is 0.524. The normalized spacial score (nSPS) is 13.2. The van der Waals surface area contributed by atoms with Gasteiger partial charge in [0.2, 0.25) is 0 Å². The van der Waals surface area contributed by atoms with E-state index in [1.807, 2.05) is 0 Å². The van der Waals surface area contributed by atoms with Gasteiger partial charge in [0.05, 0.1) is 0 Å². The maximum absolute atomic E-state index is 12.2. The van der Waals surface area contributed by atoms with E-state index in [1.54, 1.807) is 6.07 Å². The first kappa shape index (κ1) is 17.7. The van der Waals surface area contributed by atoms with Crippen molar-refractivity contribution in [1.29, 1.82) is 0 Å². The Morgan fingerprint density at radius 3 is 2.72 bits per heavy atom. The molecule has 0 spiro atoms. The molecule has 0 saturated heterocycles. The number of hydrogen-bond donors (Lipinski definition) is 0. The van der Waals surface area contributed by atoms with E-state index in [0.29, 0.717) is 11.3 Å². The second kappa shape index (κ2) is 7.85. The van der Waals surface area contributed by atoms with Crippen LogP contribution in [0.25, 0.3) is 11.0 Å². The van der Waals surface area contributed by atoms with Crippen LogP contribution in [-0.4, -0.2) is 12.4 Å². The van der Waals surface area contributed by atoms with Gasteiger partial charge in [0.25, 0.3) is 0 Å². The predicted molar refractivity (Wildman–Crippen MR) is 98.5 cm³/mol. The Morgan fingerprint density at radius 1 is 1.16 bits per heavy atom. The number of aryl methyl sites for hydroxylation is 2. The molecule has 1 aliphatic rings. The second-order valence-electron chi connectivity index (χ2n) is 6.96. The minimum atomic E-state index is -0.229. The lowest BCUT2D eigenvalue weighted by atomic mass is 10.00. The van der Waals surface area contributed by atoms with Crippen molar-refractivity contribution in [2.24, 2.45) is 0 Å². The van der Waals surface area contributed by atoms with Gasteiger partial charge in [0.1, 0.15) is 17.9 Å². The summed E-state index contributed by atoms with van der Waals surface area (Å²) < 4.78 is 11.2. The zero-order valence-corrected chi connectivity index (χ0v) is 15.2. The highest BCUT2D eigenvalue weighted by molar-refractivity contribution is 5.84. The Bertz CT molecular complexity index is 832. The topological polar surface area (TPSA) is 56.5 Å². The molecule has 134 valence electrons. The molecule has 0 saturated carbocycles. The summed E-state index contributed by atoms with van der Waals surface area (Å²) in [5.41, 5.74) is 3.42. The zero-order chi connectivity index (χ0) is 17.8. The molecule has 0 unspecified atom stereocenters. The van der Waals surface area contributed by atoms with Crippen molar-refractivity contribution < 1.29 is 13.9 Å². The Morgan fingerprint density at radius 2 is 1.96 bits per heavy atom. The standard InChI is InChI=1S/C21H26O4/c1-3-4-5-6-8-15-11-18-16-9-7-10-17(16)21(23)25-20(18)12-19(15)24-13-14(2)22/h11-12H,3-10,13H2,1-2H3. The number of ether oxygens (including phenoxy) is 1. The molecule has 2 aromatic rings. The highest BCUT2D eigenvalue weighted by Gasteiger charge is 2.21. The number of carbonyl (C=O) groups excluding carboxylic acids is 1. The first-order valence-corrected chi connectivity index (χ1v) is 9.34. The van der Waals surface area contributed by atoms with Crippen molar-refractivity contribution in [2.75, 3.05) is 6.61 Å². The Balaban J connectivity index is 1.99. The van der Waals surface area contributed by atoms with Gasteiger partial charge in [-0.15, -0.1) is 0 Å². The van der Waals surface area contributed by atoms with Crippen LogP contribution in [0.3, 0.4) is 0 Å². The van der Waals surface area contributed by atoms with E-state index < -0.39 is 0 Å². The zero-order valence-electron chi connectivity index (χ0n) is 15.2. The summed E-state index contributed by atoms with van der Waals surface area (Å²) in [6, 6.07) is 3.91. The van der Waals surface area contributed by atoms with Crippen molar-refractivity contribution in [3.63, 3.8) is 0 Å². The van der Waals surface area contributed by atoms with E-state index in [9.17, 15) is 9.59 Å². The molecule has 0 fully saturated rings. The summed E-state index contributed by atoms with van der Waals surface area (Å²) in [4.78, 5) is 23.5. The third-order valence-corrected chi connectivity index (χ3v) is 4.89. The molecule has 0 radical (unpaired) electrons. The van der Waals surface area contributed by atoms with E-state index in [1.165, 1.54) is 26.2 Å². The Kier molecular flexibility index (Phi) is 5.57. The molecule has 3 rings (SSSR count). The van der Waals surface area contributed by atoms with Gasteiger partial charge in [0, 0.05) is 17.0 Å². The van der Waals surface area contributed by atoms with E-state index in [2.05, 4.69) is 13.0 Å². The molecule has 1 heterocycles. The van der Waals surface area contributed by atoms with Gasteiger partial charge in [-0.3, -0.25) is 4.79 Å². The van der Waals surface area contributed by atoms with Crippen molar-refractivity contribution in [3.05, 3.63) is 39.2 Å². The fourth-order valence-corrected chi connectivity index (χ4v) is 3.61. The lowest BCUT2D eigenvalue weighted by molar-refractivity contribution is -0.118. The highest BCUT2D eigenvalue weighted by Crippen LogP contribution is 2.33. The molecule has 25 heavy (non-hydrogen) atoms. The molecule has 4 heteroatoms. The van der Waals surface area contributed by atoms with Gasteiger partial charge >= 0.3 is 5.63 Å². The van der Waals surface area contributed by atoms with Crippen molar-refractivity contribution in [1.82, 2.24) is 0 Å². The summed E-state index contributed by atoms with van der Waals surface area (Å²) >= 11 is 0. The molecule has 1 aliphatic carbocycles. The van der Waals surface area contributed by atoms with Crippen molar-refractivity contribution in [3.8, 4) is 5.75 Å². The van der Waals surface area contributed by atoms with Crippen LogP contribution in [0.2, 0.25) is 0 Å². The maximum Gasteiger partial charge on any atom is 0.339 e. The molecule has 0 bridgehead atoms. The molecule has 0 atom stereocenters. The minimum Gasteiger partial charge on any atom is -0.485 e. The smallest absolute Gasteiger partial charge is 0.339 e. The first-order valence-electron chi connectivity index (χ1n) is 9.34. The van der Waals surface area contributed by atoms with E-state index in [-0.39, 0.29) is 18.0 Å². The Hall–Kier alpha value is -2.10. The average molecular weight is 342 g/mol. The van der Waals surface area contributed by atoms with Gasteiger partial charge in [-0.25, -0.2) is 4.79 Å². The number of carbonyl (C=O) groups is 1. The predicted octanol–water partition coefficient (Wildman–Crippen LogP) is 4.37. The van der Waals surface area contributed by atoms with Gasteiger partial charge in [-0.1, -0.05) is 26.2 Å². The number of unbranched alkanes of at least 4 members (excludes halogenated alkanes) is 3. The van der Waals surface area contributed by atoms with Gasteiger partial charge in [-0.05, 0) is 56.2 Å². The molecular formula is C21H26O4. The average Bonchev–Trinajstić information content (AvgIpc) is 3.07. The largest absolute Gasteiger partial charge is 0.485 e. The Labute approximate surface area is 148 Å². The number of rotatable bonds is 8. The van der Waals surface area contributed by atoms with E-state index in [4.69, 9.17) is 9.15 Å². The van der Waals surface area contributed by atoms with E-state index >= 15 is 0 Å². The van der Waals surface area contributed by atoms with Crippen molar-refractivity contribution >= 4 is 16.8 Å². The molecule has 4 nitrogen and oxygen atoms in total. The monoisotopic (exact) mass is 342 g/mol. The molecular weight excluding hydrogens is 316 g/mol. The van der Waals surface area contributed by atoms with Gasteiger partial charge in [0.15, 0.2) is 5.78 Å². The van der Waals surface area contributed by atoms with E-state index in [0.717, 1.165) is 54.2 Å². The number of benzene rings is 1. The lowest BCUT2D eigenvalue weighted by Gasteiger charge is -2.13. The van der Waals surface area contributed by atoms with Crippen LogP contribution in [0.5, 0.6) is 5.75 Å². The van der Waals surface area contributed by atoms with Crippen LogP contribution in [0.15, 0.2) is 21.3 Å². The fourth-order valence-electron chi connectivity index (χ4n) is 3.61. The van der Waals surface area contributed by atoms with Crippen LogP contribution >= 0.6 is 0 Å². The van der Waals surface area contributed by atoms with Crippen LogP contribution in [0.1, 0.15) is 62.6 Å². The van der Waals surface area contributed by atoms with Gasteiger partial charge in [-0.2, -0.15) is 0 Å². The third kappa shape index (κ3) is 3.94. The number of fused-ring (bicyclic) bond motifs is 3. The third-order valence-electron chi connectivity index (χ3n) is 4.89. The first-order chi connectivity index (χ1) is 12.1. The van der Waals surface area contributed by atoms with Crippen molar-refractivity contribution in [2.45, 2.75) is 65.2 Å². The van der Waals surface area contributed by atoms with Crippen LogP contribution in [0.4, 0.5) is 0 Å². The molecule has 1 aromatic heterocycles.